The molecule has 5 rings (SSSR count). The molecule has 4 aromatic rings. The number of hydrogen-bond donors (Lipinski definition) is 2. The van der Waals surface area contributed by atoms with E-state index >= 15 is 0 Å². The molecule has 1 aliphatic carbocycles. The van der Waals surface area contributed by atoms with Gasteiger partial charge < -0.3 is 10.2 Å². The molecular weight excluding hydrogens is 472 g/mol. The highest BCUT2D eigenvalue weighted by Crippen LogP contribution is 2.53. The van der Waals surface area contributed by atoms with Crippen LogP contribution in [-0.2, 0) is 22.4 Å². The maximum atomic E-state index is 13.0. The summed E-state index contributed by atoms with van der Waals surface area (Å²) in [5, 5.41) is 21.3. The van der Waals surface area contributed by atoms with Crippen molar-refractivity contribution in [2.45, 2.75) is 24.7 Å². The van der Waals surface area contributed by atoms with E-state index in [1.54, 1.807) is 0 Å². The Labute approximate surface area is 222 Å². The predicted molar refractivity (Wildman–Crippen MR) is 148 cm³/mol. The zero-order chi connectivity index (χ0) is 26.5. The van der Waals surface area contributed by atoms with Gasteiger partial charge in [0.1, 0.15) is 0 Å². The van der Waals surface area contributed by atoms with Crippen molar-refractivity contribution in [2.24, 2.45) is 11.8 Å². The highest BCUT2D eigenvalue weighted by Gasteiger charge is 2.51. The largest absolute Gasteiger partial charge is 0.481 e. The van der Waals surface area contributed by atoms with E-state index in [-0.39, 0.29) is 0 Å². The van der Waals surface area contributed by atoms with Crippen molar-refractivity contribution in [3.8, 4) is 0 Å². The highest BCUT2D eigenvalue weighted by molar-refractivity contribution is 5.84. The molecule has 0 heterocycles. The number of rotatable bonds is 8. The summed E-state index contributed by atoms with van der Waals surface area (Å²) in [6.07, 6.45) is 1.09. The van der Waals surface area contributed by atoms with E-state index < -0.39 is 35.6 Å². The standard InChI is InChI=1S/C34H30O4/c35-33(36)31-29(25-17-9-3-10-18-25)27(21-23-13-5-1-6-14-23)28(22-24-15-7-2-8-16-24)30(32(31)34(37)38)26-19-11-4-12-20-26/h1-20,29-32H,21-22H2,(H,35,36)(H,37,38). The molecule has 0 saturated heterocycles. The van der Waals surface area contributed by atoms with Gasteiger partial charge in [-0.15, -0.1) is 0 Å². The van der Waals surface area contributed by atoms with Gasteiger partial charge in [-0.1, -0.05) is 132 Å². The molecule has 4 aromatic carbocycles. The van der Waals surface area contributed by atoms with Gasteiger partial charge in [-0.25, -0.2) is 0 Å². The van der Waals surface area contributed by atoms with Crippen LogP contribution in [0.1, 0.15) is 34.1 Å². The zero-order valence-electron chi connectivity index (χ0n) is 21.0. The smallest absolute Gasteiger partial charge is 0.308 e. The first-order valence-electron chi connectivity index (χ1n) is 12.9. The number of carboxylic acid groups (broad SMARTS) is 2. The molecule has 0 radical (unpaired) electrons. The molecule has 4 nitrogen and oxygen atoms in total. The van der Waals surface area contributed by atoms with E-state index in [9.17, 15) is 19.8 Å². The summed E-state index contributed by atoms with van der Waals surface area (Å²) in [4.78, 5) is 26.0. The van der Waals surface area contributed by atoms with Crippen molar-refractivity contribution >= 4 is 11.9 Å². The monoisotopic (exact) mass is 502 g/mol. The Morgan fingerprint density at radius 3 is 1.05 bits per heavy atom. The van der Waals surface area contributed by atoms with Gasteiger partial charge in [-0.05, 0) is 35.1 Å². The molecule has 4 heteroatoms. The van der Waals surface area contributed by atoms with E-state index in [0.29, 0.717) is 12.8 Å². The van der Waals surface area contributed by atoms with Crippen LogP contribution in [0.25, 0.3) is 0 Å². The summed E-state index contributed by atoms with van der Waals surface area (Å²) in [5.41, 5.74) is 5.77. The second-order valence-electron chi connectivity index (χ2n) is 9.88. The summed E-state index contributed by atoms with van der Waals surface area (Å²) in [6, 6.07) is 39.1. The van der Waals surface area contributed by atoms with Crippen molar-refractivity contribution in [3.63, 3.8) is 0 Å². The number of carboxylic acids is 2. The fourth-order valence-electron chi connectivity index (χ4n) is 6.06. The molecule has 0 spiro atoms. The van der Waals surface area contributed by atoms with Crippen LogP contribution in [0.4, 0.5) is 0 Å². The molecule has 4 unspecified atom stereocenters. The Balaban J connectivity index is 1.83. The van der Waals surface area contributed by atoms with E-state index in [4.69, 9.17) is 0 Å². The number of carbonyl (C=O) groups is 2. The molecule has 4 atom stereocenters. The van der Waals surface area contributed by atoms with E-state index in [2.05, 4.69) is 0 Å². The molecule has 0 bridgehead atoms. The van der Waals surface area contributed by atoms with Crippen LogP contribution < -0.4 is 0 Å². The van der Waals surface area contributed by atoms with Gasteiger partial charge in [0.2, 0.25) is 0 Å². The maximum absolute atomic E-state index is 13.0. The van der Waals surface area contributed by atoms with Crippen LogP contribution in [0.2, 0.25) is 0 Å². The van der Waals surface area contributed by atoms with E-state index in [0.717, 1.165) is 33.4 Å². The minimum Gasteiger partial charge on any atom is -0.481 e. The molecule has 0 aromatic heterocycles. The molecule has 190 valence electrons. The van der Waals surface area contributed by atoms with E-state index in [1.807, 2.05) is 121 Å². The van der Waals surface area contributed by atoms with Crippen molar-refractivity contribution in [2.75, 3.05) is 0 Å². The summed E-state index contributed by atoms with van der Waals surface area (Å²) >= 11 is 0. The molecule has 0 fully saturated rings. The zero-order valence-corrected chi connectivity index (χ0v) is 21.0. The fraction of sp³-hybridized carbons (Fsp3) is 0.176. The van der Waals surface area contributed by atoms with Crippen molar-refractivity contribution in [3.05, 3.63) is 155 Å². The Hall–Kier alpha value is -4.44. The first-order chi connectivity index (χ1) is 18.5. The third kappa shape index (κ3) is 5.16. The minimum absolute atomic E-state index is 0.544. The van der Waals surface area contributed by atoms with Crippen LogP contribution >= 0.6 is 0 Å². The number of aliphatic carboxylic acids is 2. The topological polar surface area (TPSA) is 74.6 Å². The second kappa shape index (κ2) is 11.3. The Morgan fingerprint density at radius 2 is 0.763 bits per heavy atom. The fourth-order valence-corrected chi connectivity index (χ4v) is 6.06. The summed E-state index contributed by atoms with van der Waals surface area (Å²) in [5.74, 6) is -5.58. The predicted octanol–water partition coefficient (Wildman–Crippen LogP) is 6.75. The van der Waals surface area contributed by atoms with Gasteiger partial charge in [-0.2, -0.15) is 0 Å². The van der Waals surface area contributed by atoms with Gasteiger partial charge >= 0.3 is 11.9 Å². The number of allylic oxidation sites excluding steroid dienone is 2. The van der Waals surface area contributed by atoms with Crippen LogP contribution in [0.15, 0.2) is 132 Å². The lowest BCUT2D eigenvalue weighted by atomic mass is 9.58. The SMILES string of the molecule is O=C(O)C1C(c2ccccc2)C(Cc2ccccc2)=C(Cc2ccccc2)C(c2ccccc2)C1C(=O)O. The van der Waals surface area contributed by atoms with Crippen LogP contribution in [0.3, 0.4) is 0 Å². The van der Waals surface area contributed by atoms with Crippen molar-refractivity contribution in [1.82, 2.24) is 0 Å². The second-order valence-corrected chi connectivity index (χ2v) is 9.88. The van der Waals surface area contributed by atoms with Gasteiger partial charge in [0, 0.05) is 11.8 Å². The van der Waals surface area contributed by atoms with Gasteiger partial charge in [0.15, 0.2) is 0 Å². The lowest BCUT2D eigenvalue weighted by Gasteiger charge is -2.43. The quantitative estimate of drug-likeness (QED) is 0.261. The third-order valence-electron chi connectivity index (χ3n) is 7.63. The molecule has 0 amide bonds. The molecule has 0 saturated carbocycles. The molecule has 38 heavy (non-hydrogen) atoms. The van der Waals surface area contributed by atoms with Crippen molar-refractivity contribution in [1.29, 1.82) is 0 Å². The van der Waals surface area contributed by atoms with Gasteiger partial charge in [-0.3, -0.25) is 9.59 Å². The number of hydrogen-bond acceptors (Lipinski definition) is 2. The minimum atomic E-state index is -1.13. The first-order valence-corrected chi connectivity index (χ1v) is 12.9. The Bertz CT molecular complexity index is 1300. The van der Waals surface area contributed by atoms with Gasteiger partial charge in [0.25, 0.3) is 0 Å². The molecule has 2 N–H and O–H groups in total. The molecular formula is C34H30O4. The molecule has 0 aliphatic heterocycles. The maximum Gasteiger partial charge on any atom is 0.308 e. The first kappa shape index (κ1) is 25.2. The van der Waals surface area contributed by atoms with Crippen molar-refractivity contribution < 1.29 is 19.8 Å². The average Bonchev–Trinajstić information content (AvgIpc) is 2.95. The number of benzene rings is 4. The average molecular weight is 503 g/mol. The summed E-state index contributed by atoms with van der Waals surface area (Å²) in [6.45, 7) is 0. The normalized spacial score (nSPS) is 21.2. The lowest BCUT2D eigenvalue weighted by Crippen LogP contribution is -2.44. The van der Waals surface area contributed by atoms with Crippen LogP contribution in [0.5, 0.6) is 0 Å². The van der Waals surface area contributed by atoms with E-state index in [1.165, 1.54) is 0 Å². The van der Waals surface area contributed by atoms with Gasteiger partial charge in [0.05, 0.1) is 11.8 Å². The van der Waals surface area contributed by atoms with Crippen LogP contribution in [0, 0.1) is 11.8 Å². The third-order valence-corrected chi connectivity index (χ3v) is 7.63. The highest BCUT2D eigenvalue weighted by atomic mass is 16.4. The Kier molecular flexibility index (Phi) is 7.50. The molecule has 1 aliphatic rings. The Morgan fingerprint density at radius 1 is 0.474 bits per heavy atom. The summed E-state index contributed by atoms with van der Waals surface area (Å²) in [7, 11) is 0. The summed E-state index contributed by atoms with van der Waals surface area (Å²) < 4.78 is 0. The lowest BCUT2D eigenvalue weighted by molar-refractivity contribution is -0.155. The van der Waals surface area contributed by atoms with Crippen LogP contribution in [-0.4, -0.2) is 22.2 Å².